The standard InChI is InChI=1S/C21H23N3O4/c1-13(20-22-12-16(24-20)14-8-6-5-7-9-14)23-21(25)15-10-18(27-3)19(28-4)11-17(15)26-2/h5-13H,1-4H3,(H,22,24)(H,23,25). The number of amides is 1. The number of H-pyrrole nitrogens is 1. The summed E-state index contributed by atoms with van der Waals surface area (Å²) in [5, 5.41) is 2.93. The summed E-state index contributed by atoms with van der Waals surface area (Å²) in [5.41, 5.74) is 2.27. The van der Waals surface area contributed by atoms with Gasteiger partial charge >= 0.3 is 0 Å². The highest BCUT2D eigenvalue weighted by Crippen LogP contribution is 2.34. The normalized spacial score (nSPS) is 11.6. The summed E-state index contributed by atoms with van der Waals surface area (Å²) in [4.78, 5) is 20.5. The summed E-state index contributed by atoms with van der Waals surface area (Å²) in [6.07, 6.45) is 1.75. The van der Waals surface area contributed by atoms with E-state index in [0.717, 1.165) is 11.3 Å². The topological polar surface area (TPSA) is 85.5 Å². The number of hydrogen-bond donors (Lipinski definition) is 2. The molecule has 3 aromatic rings. The van der Waals surface area contributed by atoms with Gasteiger partial charge in [-0.3, -0.25) is 4.79 Å². The second-order valence-electron chi connectivity index (χ2n) is 6.15. The van der Waals surface area contributed by atoms with Crippen molar-refractivity contribution in [3.05, 3.63) is 60.0 Å². The summed E-state index contributed by atoms with van der Waals surface area (Å²) in [7, 11) is 4.54. The smallest absolute Gasteiger partial charge is 0.255 e. The van der Waals surface area contributed by atoms with Gasteiger partial charge in [0, 0.05) is 12.1 Å². The van der Waals surface area contributed by atoms with Gasteiger partial charge in [0.2, 0.25) is 0 Å². The lowest BCUT2D eigenvalue weighted by Crippen LogP contribution is -2.27. The van der Waals surface area contributed by atoms with Crippen LogP contribution in [0.1, 0.15) is 29.1 Å². The Kier molecular flexibility index (Phi) is 5.84. The molecule has 0 radical (unpaired) electrons. The van der Waals surface area contributed by atoms with E-state index in [1.54, 1.807) is 18.3 Å². The molecule has 0 aliphatic rings. The number of nitrogens with zero attached hydrogens (tertiary/aromatic N) is 1. The third-order valence-electron chi connectivity index (χ3n) is 4.39. The number of carbonyl (C=O) groups excluding carboxylic acids is 1. The Morgan fingerprint density at radius 2 is 1.64 bits per heavy atom. The highest BCUT2D eigenvalue weighted by atomic mass is 16.5. The second kappa shape index (κ2) is 8.47. The molecule has 2 N–H and O–H groups in total. The molecule has 7 nitrogen and oxygen atoms in total. The van der Waals surface area contributed by atoms with Gasteiger partial charge in [-0.25, -0.2) is 4.98 Å². The van der Waals surface area contributed by atoms with Gasteiger partial charge in [0.05, 0.1) is 44.8 Å². The number of nitrogens with one attached hydrogen (secondary N) is 2. The summed E-state index contributed by atoms with van der Waals surface area (Å²) >= 11 is 0. The van der Waals surface area contributed by atoms with Crippen molar-refractivity contribution in [1.29, 1.82) is 0 Å². The first-order valence-electron chi connectivity index (χ1n) is 8.78. The molecule has 3 rings (SSSR count). The van der Waals surface area contributed by atoms with Gasteiger partial charge in [-0.05, 0) is 12.5 Å². The zero-order valence-corrected chi connectivity index (χ0v) is 16.3. The Bertz CT molecular complexity index is 954. The molecule has 1 unspecified atom stereocenters. The molecule has 1 heterocycles. The minimum absolute atomic E-state index is 0.303. The first-order valence-corrected chi connectivity index (χ1v) is 8.78. The first-order chi connectivity index (χ1) is 13.6. The summed E-state index contributed by atoms with van der Waals surface area (Å²) < 4.78 is 15.9. The van der Waals surface area contributed by atoms with E-state index in [4.69, 9.17) is 14.2 Å². The minimum Gasteiger partial charge on any atom is -0.496 e. The van der Waals surface area contributed by atoms with Crippen molar-refractivity contribution >= 4 is 5.91 Å². The average Bonchev–Trinajstić information content (AvgIpc) is 3.23. The van der Waals surface area contributed by atoms with Gasteiger partial charge in [-0.2, -0.15) is 0 Å². The van der Waals surface area contributed by atoms with Gasteiger partial charge in [0.15, 0.2) is 11.5 Å². The van der Waals surface area contributed by atoms with Crippen LogP contribution >= 0.6 is 0 Å². The Morgan fingerprint density at radius 1 is 1.00 bits per heavy atom. The Hall–Kier alpha value is -3.48. The van der Waals surface area contributed by atoms with Crippen molar-refractivity contribution in [2.75, 3.05) is 21.3 Å². The molecule has 146 valence electrons. The quantitative estimate of drug-likeness (QED) is 0.653. The van der Waals surface area contributed by atoms with Crippen molar-refractivity contribution in [2.45, 2.75) is 13.0 Å². The van der Waals surface area contributed by atoms with Gasteiger partial charge in [-0.1, -0.05) is 30.3 Å². The number of hydrogen-bond acceptors (Lipinski definition) is 5. The van der Waals surface area contributed by atoms with Crippen LogP contribution in [0.25, 0.3) is 11.3 Å². The molecule has 7 heteroatoms. The monoisotopic (exact) mass is 381 g/mol. The van der Waals surface area contributed by atoms with Crippen LogP contribution in [0.2, 0.25) is 0 Å². The predicted octanol–water partition coefficient (Wildman–Crippen LogP) is 3.59. The number of rotatable bonds is 7. The van der Waals surface area contributed by atoms with Crippen molar-refractivity contribution in [3.63, 3.8) is 0 Å². The number of methoxy groups -OCH3 is 3. The molecule has 0 fully saturated rings. The maximum Gasteiger partial charge on any atom is 0.255 e. The molecular formula is C21H23N3O4. The van der Waals surface area contributed by atoms with Crippen LogP contribution < -0.4 is 19.5 Å². The molecule has 0 spiro atoms. The molecular weight excluding hydrogens is 358 g/mol. The van der Waals surface area contributed by atoms with Gasteiger partial charge < -0.3 is 24.5 Å². The average molecular weight is 381 g/mol. The molecule has 0 saturated carbocycles. The van der Waals surface area contributed by atoms with Crippen LogP contribution in [0.3, 0.4) is 0 Å². The molecule has 1 aromatic heterocycles. The van der Waals surface area contributed by atoms with Crippen LogP contribution in [0.4, 0.5) is 0 Å². The first kappa shape index (κ1) is 19.3. The molecule has 0 aliphatic carbocycles. The lowest BCUT2D eigenvalue weighted by atomic mass is 10.1. The number of carbonyl (C=O) groups is 1. The van der Waals surface area contributed by atoms with Crippen LogP contribution in [-0.2, 0) is 0 Å². The zero-order valence-electron chi connectivity index (χ0n) is 16.3. The van der Waals surface area contributed by atoms with E-state index in [1.165, 1.54) is 21.3 Å². The maximum atomic E-state index is 12.8. The number of benzene rings is 2. The van der Waals surface area contributed by atoms with E-state index in [0.29, 0.717) is 28.6 Å². The maximum absolute atomic E-state index is 12.8. The molecule has 2 aromatic carbocycles. The van der Waals surface area contributed by atoms with E-state index in [9.17, 15) is 4.79 Å². The van der Waals surface area contributed by atoms with Gasteiger partial charge in [0.1, 0.15) is 11.6 Å². The van der Waals surface area contributed by atoms with Crippen molar-refractivity contribution in [3.8, 4) is 28.5 Å². The molecule has 28 heavy (non-hydrogen) atoms. The lowest BCUT2D eigenvalue weighted by Gasteiger charge is -2.16. The van der Waals surface area contributed by atoms with Crippen LogP contribution in [0.15, 0.2) is 48.7 Å². The van der Waals surface area contributed by atoms with E-state index in [1.807, 2.05) is 37.3 Å². The van der Waals surface area contributed by atoms with Crippen molar-refractivity contribution in [2.24, 2.45) is 0 Å². The van der Waals surface area contributed by atoms with Crippen LogP contribution in [0.5, 0.6) is 17.2 Å². The molecule has 0 aliphatic heterocycles. The fourth-order valence-electron chi connectivity index (χ4n) is 2.87. The molecule has 1 atom stereocenters. The number of imidazole rings is 1. The molecule has 1 amide bonds. The Balaban J connectivity index is 1.80. The fourth-order valence-corrected chi connectivity index (χ4v) is 2.87. The second-order valence-corrected chi connectivity index (χ2v) is 6.15. The Morgan fingerprint density at radius 3 is 2.29 bits per heavy atom. The van der Waals surface area contributed by atoms with E-state index in [2.05, 4.69) is 15.3 Å². The summed E-state index contributed by atoms with van der Waals surface area (Å²) in [5.74, 6) is 1.69. The van der Waals surface area contributed by atoms with Gasteiger partial charge in [0.25, 0.3) is 5.91 Å². The van der Waals surface area contributed by atoms with E-state index in [-0.39, 0.29) is 11.9 Å². The zero-order chi connectivity index (χ0) is 20.1. The number of aromatic nitrogens is 2. The summed E-state index contributed by atoms with van der Waals surface area (Å²) in [6, 6.07) is 12.8. The molecule has 0 saturated heterocycles. The highest BCUT2D eigenvalue weighted by molar-refractivity contribution is 5.98. The summed E-state index contributed by atoms with van der Waals surface area (Å²) in [6.45, 7) is 1.86. The fraction of sp³-hybridized carbons (Fsp3) is 0.238. The highest BCUT2D eigenvalue weighted by Gasteiger charge is 2.20. The van der Waals surface area contributed by atoms with Crippen LogP contribution in [-0.4, -0.2) is 37.2 Å². The SMILES string of the molecule is COc1cc(OC)c(C(=O)NC(C)c2ncc(-c3ccccc3)[nH]2)cc1OC. The third-order valence-corrected chi connectivity index (χ3v) is 4.39. The number of ether oxygens (including phenoxy) is 3. The van der Waals surface area contributed by atoms with E-state index < -0.39 is 0 Å². The Labute approximate surface area is 163 Å². The predicted molar refractivity (Wildman–Crippen MR) is 106 cm³/mol. The van der Waals surface area contributed by atoms with E-state index >= 15 is 0 Å². The minimum atomic E-state index is -0.331. The molecule has 0 bridgehead atoms. The van der Waals surface area contributed by atoms with Crippen LogP contribution in [0, 0.1) is 0 Å². The largest absolute Gasteiger partial charge is 0.496 e. The van der Waals surface area contributed by atoms with Gasteiger partial charge in [-0.15, -0.1) is 0 Å². The lowest BCUT2D eigenvalue weighted by molar-refractivity contribution is 0.0935. The van der Waals surface area contributed by atoms with Crippen molar-refractivity contribution in [1.82, 2.24) is 15.3 Å². The van der Waals surface area contributed by atoms with Crippen molar-refractivity contribution < 1.29 is 19.0 Å². The third kappa shape index (κ3) is 3.93. The number of aromatic amines is 1.